The summed E-state index contributed by atoms with van der Waals surface area (Å²) in [6, 6.07) is 8.99. The molecular formula is C18H17FN2O4. The highest BCUT2D eigenvalue weighted by atomic mass is 19.1. The highest BCUT2D eigenvalue weighted by Gasteiger charge is 2.37. The van der Waals surface area contributed by atoms with Gasteiger partial charge in [0.1, 0.15) is 23.0 Å². The average Bonchev–Trinajstić information content (AvgIpc) is 2.60. The zero-order valence-electron chi connectivity index (χ0n) is 13.5. The molecule has 0 aliphatic carbocycles. The van der Waals surface area contributed by atoms with Crippen molar-refractivity contribution < 1.29 is 24.1 Å². The van der Waals surface area contributed by atoms with E-state index in [0.717, 1.165) is 0 Å². The Bertz CT molecular complexity index is 820. The van der Waals surface area contributed by atoms with Crippen molar-refractivity contribution in [3.8, 4) is 0 Å². The monoisotopic (exact) mass is 344 g/mol. The van der Waals surface area contributed by atoms with E-state index < -0.39 is 12.2 Å². The van der Waals surface area contributed by atoms with Gasteiger partial charge in [0.25, 0.3) is 0 Å². The SMILES string of the molecule is CCOC(=O)C1=C(O)c2cccnc2N(Cc2ccc(F)cc2)C1O. The van der Waals surface area contributed by atoms with E-state index in [4.69, 9.17) is 4.74 Å². The molecular weight excluding hydrogens is 327 g/mol. The molecule has 2 N–H and O–H groups in total. The van der Waals surface area contributed by atoms with Gasteiger partial charge in [0, 0.05) is 12.7 Å². The molecule has 6 nitrogen and oxygen atoms in total. The normalized spacial score (nSPS) is 16.6. The summed E-state index contributed by atoms with van der Waals surface area (Å²) in [6.07, 6.45) is 0.0813. The molecule has 0 spiro atoms. The number of halogens is 1. The Morgan fingerprint density at radius 2 is 2.04 bits per heavy atom. The van der Waals surface area contributed by atoms with Crippen LogP contribution in [0, 0.1) is 5.82 Å². The molecule has 7 heteroatoms. The van der Waals surface area contributed by atoms with Crippen molar-refractivity contribution in [2.45, 2.75) is 19.7 Å². The lowest BCUT2D eigenvalue weighted by Crippen LogP contribution is -2.43. The highest BCUT2D eigenvalue weighted by Crippen LogP contribution is 2.36. The average molecular weight is 344 g/mol. The number of aromatic nitrogens is 1. The number of hydrogen-bond acceptors (Lipinski definition) is 6. The Hall–Kier alpha value is -2.93. The maximum absolute atomic E-state index is 13.1. The summed E-state index contributed by atoms with van der Waals surface area (Å²) in [7, 11) is 0. The molecule has 1 aromatic carbocycles. The Kier molecular flexibility index (Phi) is 4.67. The van der Waals surface area contributed by atoms with Crippen LogP contribution in [-0.2, 0) is 16.1 Å². The van der Waals surface area contributed by atoms with E-state index in [0.29, 0.717) is 16.9 Å². The van der Waals surface area contributed by atoms with E-state index in [9.17, 15) is 19.4 Å². The molecule has 1 atom stereocenters. The van der Waals surface area contributed by atoms with Crippen LogP contribution in [0.15, 0.2) is 48.2 Å². The number of pyridine rings is 1. The number of rotatable bonds is 4. The first-order valence-corrected chi connectivity index (χ1v) is 7.77. The van der Waals surface area contributed by atoms with Gasteiger partial charge in [-0.25, -0.2) is 14.2 Å². The third-order valence-electron chi connectivity index (χ3n) is 3.88. The number of hydrogen-bond donors (Lipinski definition) is 2. The number of aliphatic hydroxyl groups is 2. The number of nitrogens with zero attached hydrogens (tertiary/aromatic N) is 2. The van der Waals surface area contributed by atoms with E-state index in [1.54, 1.807) is 31.2 Å². The molecule has 2 heterocycles. The van der Waals surface area contributed by atoms with E-state index in [2.05, 4.69) is 4.98 Å². The van der Waals surface area contributed by atoms with Crippen LogP contribution in [0.4, 0.5) is 10.2 Å². The van der Waals surface area contributed by atoms with Crippen molar-refractivity contribution >= 4 is 17.5 Å². The van der Waals surface area contributed by atoms with Gasteiger partial charge in [-0.1, -0.05) is 12.1 Å². The summed E-state index contributed by atoms with van der Waals surface area (Å²) in [5, 5.41) is 21.1. The molecule has 1 unspecified atom stereocenters. The van der Waals surface area contributed by atoms with Gasteiger partial charge in [0.2, 0.25) is 0 Å². The summed E-state index contributed by atoms with van der Waals surface area (Å²) >= 11 is 0. The number of ether oxygens (including phenoxy) is 1. The second-order valence-corrected chi connectivity index (χ2v) is 5.49. The van der Waals surface area contributed by atoms with Gasteiger partial charge < -0.3 is 19.8 Å². The van der Waals surface area contributed by atoms with Gasteiger partial charge in [-0.2, -0.15) is 0 Å². The molecule has 0 amide bonds. The van der Waals surface area contributed by atoms with Crippen LogP contribution in [0.5, 0.6) is 0 Å². The van der Waals surface area contributed by atoms with Crippen LogP contribution in [0.25, 0.3) is 5.76 Å². The molecule has 0 bridgehead atoms. The second kappa shape index (κ2) is 6.90. The predicted molar refractivity (Wildman–Crippen MR) is 89.0 cm³/mol. The van der Waals surface area contributed by atoms with Gasteiger partial charge >= 0.3 is 5.97 Å². The standard InChI is InChI=1S/C18H17FN2O4/c1-2-25-18(24)14-15(22)13-4-3-9-20-16(13)21(17(14)23)10-11-5-7-12(19)8-6-11/h3-9,17,22-23H,2,10H2,1H3. The van der Waals surface area contributed by atoms with Crippen LogP contribution in [0.3, 0.4) is 0 Å². The largest absolute Gasteiger partial charge is 0.506 e. The van der Waals surface area contributed by atoms with Crippen LogP contribution < -0.4 is 4.90 Å². The lowest BCUT2D eigenvalue weighted by molar-refractivity contribution is -0.139. The van der Waals surface area contributed by atoms with Crippen LogP contribution >= 0.6 is 0 Å². The Morgan fingerprint density at radius 1 is 1.32 bits per heavy atom. The second-order valence-electron chi connectivity index (χ2n) is 5.49. The maximum Gasteiger partial charge on any atom is 0.342 e. The predicted octanol–water partition coefficient (Wildman–Crippen LogP) is 2.39. The lowest BCUT2D eigenvalue weighted by atomic mass is 10.0. The van der Waals surface area contributed by atoms with Gasteiger partial charge in [0.05, 0.1) is 12.2 Å². The number of esters is 1. The summed E-state index contributed by atoms with van der Waals surface area (Å²) in [6.45, 7) is 1.92. The summed E-state index contributed by atoms with van der Waals surface area (Å²) in [5.74, 6) is -1.20. The molecule has 0 radical (unpaired) electrons. The molecule has 0 saturated carbocycles. The zero-order chi connectivity index (χ0) is 18.0. The van der Waals surface area contributed by atoms with Crippen LogP contribution in [0.1, 0.15) is 18.1 Å². The molecule has 2 aromatic rings. The minimum absolute atomic E-state index is 0.111. The maximum atomic E-state index is 13.1. The van der Waals surface area contributed by atoms with E-state index in [-0.39, 0.29) is 30.3 Å². The van der Waals surface area contributed by atoms with Gasteiger partial charge in [-0.05, 0) is 36.8 Å². The fourth-order valence-electron chi connectivity index (χ4n) is 2.71. The van der Waals surface area contributed by atoms with Gasteiger partial charge in [0.15, 0.2) is 6.23 Å². The minimum Gasteiger partial charge on any atom is -0.506 e. The number of carbonyl (C=O) groups excluding carboxylic acids is 1. The first-order valence-electron chi connectivity index (χ1n) is 7.77. The fraction of sp³-hybridized carbons (Fsp3) is 0.222. The van der Waals surface area contributed by atoms with Crippen molar-refractivity contribution in [2.24, 2.45) is 0 Å². The number of aliphatic hydroxyl groups excluding tert-OH is 2. The van der Waals surface area contributed by atoms with Crippen molar-refractivity contribution in [1.29, 1.82) is 0 Å². The third kappa shape index (κ3) is 3.18. The number of anilines is 1. The van der Waals surface area contributed by atoms with E-state index in [1.165, 1.54) is 23.2 Å². The van der Waals surface area contributed by atoms with Crippen molar-refractivity contribution in [1.82, 2.24) is 4.98 Å². The van der Waals surface area contributed by atoms with E-state index >= 15 is 0 Å². The molecule has 130 valence electrons. The lowest BCUT2D eigenvalue weighted by Gasteiger charge is -2.35. The van der Waals surface area contributed by atoms with Crippen LogP contribution in [-0.4, -0.2) is 34.0 Å². The quantitative estimate of drug-likeness (QED) is 0.829. The van der Waals surface area contributed by atoms with E-state index in [1.807, 2.05) is 0 Å². The third-order valence-corrected chi connectivity index (χ3v) is 3.88. The molecule has 1 aliphatic rings. The first-order chi connectivity index (χ1) is 12.0. The topological polar surface area (TPSA) is 82.9 Å². The summed E-state index contributed by atoms with van der Waals surface area (Å²) in [5.41, 5.74) is 0.782. The number of benzene rings is 1. The van der Waals surface area contributed by atoms with Gasteiger partial charge in [-0.15, -0.1) is 0 Å². The van der Waals surface area contributed by atoms with Crippen molar-refractivity contribution in [3.05, 3.63) is 65.1 Å². The molecule has 25 heavy (non-hydrogen) atoms. The van der Waals surface area contributed by atoms with Crippen molar-refractivity contribution in [3.63, 3.8) is 0 Å². The van der Waals surface area contributed by atoms with Crippen molar-refractivity contribution in [2.75, 3.05) is 11.5 Å². The fourth-order valence-corrected chi connectivity index (χ4v) is 2.71. The molecule has 0 fully saturated rings. The Balaban J connectivity index is 2.04. The Morgan fingerprint density at radius 3 is 2.72 bits per heavy atom. The molecule has 3 rings (SSSR count). The first kappa shape index (κ1) is 16.9. The molecule has 1 aliphatic heterocycles. The summed E-state index contributed by atoms with van der Waals surface area (Å²) < 4.78 is 18.0. The molecule has 0 saturated heterocycles. The Labute approximate surface area is 143 Å². The highest BCUT2D eigenvalue weighted by molar-refractivity contribution is 6.00. The zero-order valence-corrected chi connectivity index (χ0v) is 13.5. The number of fused-ring (bicyclic) bond motifs is 1. The van der Waals surface area contributed by atoms with Gasteiger partial charge in [-0.3, -0.25) is 0 Å². The smallest absolute Gasteiger partial charge is 0.342 e. The summed E-state index contributed by atoms with van der Waals surface area (Å²) in [4.78, 5) is 17.8. The number of carbonyl (C=O) groups is 1. The molecule has 1 aromatic heterocycles. The van der Waals surface area contributed by atoms with Crippen LogP contribution in [0.2, 0.25) is 0 Å². The minimum atomic E-state index is -1.44.